The first-order chi connectivity index (χ1) is 24.3. The van der Waals surface area contributed by atoms with Crippen LogP contribution in [0.2, 0.25) is 0 Å². The number of nitrogens with zero attached hydrogens (tertiary/aromatic N) is 1. The molecule has 232 valence electrons. The van der Waals surface area contributed by atoms with Crippen molar-refractivity contribution in [2.45, 2.75) is 11.5 Å². The third-order valence-corrected chi connectivity index (χ3v) is 10.0. The lowest BCUT2D eigenvalue weighted by Crippen LogP contribution is -2.29. The van der Waals surface area contributed by atoms with Gasteiger partial charge in [0.2, 0.25) is 0 Å². The molecule has 0 radical (unpaired) electrons. The van der Waals surface area contributed by atoms with Crippen LogP contribution < -0.4 is 5.32 Å². The smallest absolute Gasteiger partial charge is 0.0885 e. The highest BCUT2D eigenvalue weighted by molar-refractivity contribution is 5.91. The van der Waals surface area contributed by atoms with E-state index in [4.69, 9.17) is 4.98 Å². The number of nitrogens with one attached hydrogen (secondary N) is 1. The first-order valence-electron chi connectivity index (χ1n) is 16.9. The van der Waals surface area contributed by atoms with Crippen molar-refractivity contribution in [2.24, 2.45) is 0 Å². The number of hydrogen-bond donors (Lipinski definition) is 1. The molecule has 0 fully saturated rings. The molecule has 49 heavy (non-hydrogen) atoms. The number of rotatable bonds is 6. The Hall–Kier alpha value is -6.25. The van der Waals surface area contributed by atoms with Crippen LogP contribution in [0.15, 0.2) is 194 Å². The molecule has 1 aliphatic carbocycles. The van der Waals surface area contributed by atoms with Crippen molar-refractivity contribution in [3.8, 4) is 22.3 Å². The van der Waals surface area contributed by atoms with E-state index in [1.54, 1.807) is 0 Å². The molecule has 0 amide bonds. The van der Waals surface area contributed by atoms with Gasteiger partial charge in [0.15, 0.2) is 0 Å². The standard InChI is InChI=1S/C47H34N2/c1-4-15-33(16-5-1)35-19-14-20-37(29-35)45-32-38(31-44(49-45)34-17-6-2-7-18-34)36-26-27-43-41(30-36)40-23-10-11-24-42(40)47(43,39-21-8-3-9-22-39)46-25-12-13-28-48-46/h1-32,45,49H. The molecule has 2 atom stereocenters. The van der Waals surface area contributed by atoms with Gasteiger partial charge in [0, 0.05) is 11.9 Å². The number of pyridine rings is 1. The van der Waals surface area contributed by atoms with Gasteiger partial charge in [0.25, 0.3) is 0 Å². The fourth-order valence-corrected chi connectivity index (χ4v) is 7.79. The molecule has 0 saturated carbocycles. The molecule has 1 aromatic heterocycles. The first-order valence-corrected chi connectivity index (χ1v) is 16.9. The maximum Gasteiger partial charge on any atom is 0.0885 e. The van der Waals surface area contributed by atoms with E-state index in [0.717, 1.165) is 11.4 Å². The van der Waals surface area contributed by atoms with Crippen LogP contribution in [0, 0.1) is 0 Å². The van der Waals surface area contributed by atoms with Crippen molar-refractivity contribution in [1.29, 1.82) is 0 Å². The second-order valence-electron chi connectivity index (χ2n) is 12.8. The largest absolute Gasteiger partial charge is 0.374 e. The van der Waals surface area contributed by atoms with Gasteiger partial charge in [0.05, 0.1) is 17.2 Å². The molecular weight excluding hydrogens is 593 g/mol. The Morgan fingerprint density at radius 2 is 1.16 bits per heavy atom. The number of fused-ring (bicyclic) bond motifs is 3. The molecule has 7 aromatic rings. The van der Waals surface area contributed by atoms with Gasteiger partial charge in [-0.25, -0.2) is 0 Å². The predicted molar refractivity (Wildman–Crippen MR) is 202 cm³/mol. The molecule has 2 aliphatic rings. The lowest BCUT2D eigenvalue weighted by Gasteiger charge is -2.32. The first kappa shape index (κ1) is 28.9. The molecule has 0 spiro atoms. The summed E-state index contributed by atoms with van der Waals surface area (Å²) in [6.45, 7) is 0. The highest BCUT2D eigenvalue weighted by Crippen LogP contribution is 2.56. The Balaban J connectivity index is 1.22. The summed E-state index contributed by atoms with van der Waals surface area (Å²) < 4.78 is 0. The van der Waals surface area contributed by atoms with Crippen molar-refractivity contribution in [3.63, 3.8) is 0 Å². The summed E-state index contributed by atoms with van der Waals surface area (Å²) in [7, 11) is 0. The van der Waals surface area contributed by atoms with Crippen LogP contribution in [0.3, 0.4) is 0 Å². The summed E-state index contributed by atoms with van der Waals surface area (Å²) in [6.07, 6.45) is 6.60. The minimum absolute atomic E-state index is 0.00339. The topological polar surface area (TPSA) is 24.9 Å². The van der Waals surface area contributed by atoms with Gasteiger partial charge in [-0.05, 0) is 97.6 Å². The van der Waals surface area contributed by atoms with Crippen LogP contribution in [-0.4, -0.2) is 4.98 Å². The van der Waals surface area contributed by atoms with Crippen molar-refractivity contribution in [1.82, 2.24) is 10.3 Å². The molecule has 2 heterocycles. The van der Waals surface area contributed by atoms with Crippen molar-refractivity contribution >= 4 is 11.3 Å². The SMILES string of the molecule is C1=C(c2ccc3c(c2)-c2ccccc2C3(c2ccccc2)c2ccccn2)C=C(c2ccccc2)NC1c1cccc(-c2ccccc2)c1. The lowest BCUT2D eigenvalue weighted by atomic mass is 9.69. The molecular formula is C47H34N2. The van der Waals surface area contributed by atoms with Crippen LogP contribution in [-0.2, 0) is 5.41 Å². The highest BCUT2D eigenvalue weighted by Gasteiger charge is 2.47. The molecule has 2 heteroatoms. The number of hydrogen-bond acceptors (Lipinski definition) is 2. The van der Waals surface area contributed by atoms with Gasteiger partial charge < -0.3 is 5.32 Å². The van der Waals surface area contributed by atoms with Gasteiger partial charge in [-0.2, -0.15) is 0 Å². The minimum Gasteiger partial charge on any atom is -0.374 e. The summed E-state index contributed by atoms with van der Waals surface area (Å²) in [5.74, 6) is 0. The van der Waals surface area contributed by atoms with E-state index >= 15 is 0 Å². The molecule has 2 nitrogen and oxygen atoms in total. The average molecular weight is 627 g/mol. The molecule has 0 bridgehead atoms. The number of aromatic nitrogens is 1. The van der Waals surface area contributed by atoms with Gasteiger partial charge in [-0.15, -0.1) is 0 Å². The van der Waals surface area contributed by atoms with Gasteiger partial charge in [-0.3, -0.25) is 4.98 Å². The summed E-state index contributed by atoms with van der Waals surface area (Å²) >= 11 is 0. The fraction of sp³-hybridized carbons (Fsp3) is 0.0426. The average Bonchev–Trinajstić information content (AvgIpc) is 3.49. The summed E-state index contributed by atoms with van der Waals surface area (Å²) in [5.41, 5.74) is 15.1. The van der Waals surface area contributed by atoms with Crippen molar-refractivity contribution in [3.05, 3.63) is 233 Å². The monoisotopic (exact) mass is 626 g/mol. The highest BCUT2D eigenvalue weighted by atomic mass is 14.9. The lowest BCUT2D eigenvalue weighted by molar-refractivity contribution is 0.734. The second kappa shape index (κ2) is 12.1. The van der Waals surface area contributed by atoms with Crippen molar-refractivity contribution in [2.75, 3.05) is 0 Å². The molecule has 2 unspecified atom stereocenters. The second-order valence-corrected chi connectivity index (χ2v) is 12.8. The Kier molecular flexibility index (Phi) is 7.13. The van der Waals surface area contributed by atoms with Crippen LogP contribution in [0.1, 0.15) is 45.1 Å². The number of benzene rings is 6. The Morgan fingerprint density at radius 3 is 1.94 bits per heavy atom. The quantitative estimate of drug-likeness (QED) is 0.199. The van der Waals surface area contributed by atoms with Crippen LogP contribution in [0.4, 0.5) is 0 Å². The third-order valence-electron chi connectivity index (χ3n) is 10.0. The normalized spacial score (nSPS) is 17.7. The zero-order chi connectivity index (χ0) is 32.6. The maximum atomic E-state index is 5.01. The van der Waals surface area contributed by atoms with E-state index in [9.17, 15) is 0 Å². The van der Waals surface area contributed by atoms with Crippen LogP contribution >= 0.6 is 0 Å². The number of allylic oxidation sites excluding steroid dienone is 2. The maximum absolute atomic E-state index is 5.01. The molecule has 6 aromatic carbocycles. The van der Waals surface area contributed by atoms with Crippen LogP contribution in [0.5, 0.6) is 0 Å². The summed E-state index contributed by atoms with van der Waals surface area (Å²) in [4.78, 5) is 5.01. The predicted octanol–water partition coefficient (Wildman–Crippen LogP) is 10.9. The minimum atomic E-state index is -0.513. The van der Waals surface area contributed by atoms with E-state index in [-0.39, 0.29) is 6.04 Å². The molecule has 1 N–H and O–H groups in total. The van der Waals surface area contributed by atoms with E-state index in [1.165, 1.54) is 61.2 Å². The van der Waals surface area contributed by atoms with Crippen LogP contribution in [0.25, 0.3) is 33.5 Å². The van der Waals surface area contributed by atoms with E-state index < -0.39 is 5.41 Å². The van der Waals surface area contributed by atoms with Gasteiger partial charge >= 0.3 is 0 Å². The van der Waals surface area contributed by atoms with Crippen molar-refractivity contribution < 1.29 is 0 Å². The fourth-order valence-electron chi connectivity index (χ4n) is 7.79. The summed E-state index contributed by atoms with van der Waals surface area (Å²) in [6, 6.07) is 63.2. The van der Waals surface area contributed by atoms with Gasteiger partial charge in [0.1, 0.15) is 0 Å². The van der Waals surface area contributed by atoms with Gasteiger partial charge in [-0.1, -0.05) is 152 Å². The Bertz CT molecular complexity index is 2300. The number of dihydropyridines is 1. The molecule has 0 saturated heterocycles. The Morgan fingerprint density at radius 1 is 0.490 bits per heavy atom. The molecule has 9 rings (SSSR count). The van der Waals surface area contributed by atoms with E-state index in [2.05, 4.69) is 187 Å². The zero-order valence-corrected chi connectivity index (χ0v) is 27.0. The third kappa shape index (κ3) is 4.92. The van der Waals surface area contributed by atoms with E-state index in [0.29, 0.717) is 0 Å². The summed E-state index contributed by atoms with van der Waals surface area (Å²) in [5, 5.41) is 3.86. The Labute approximate surface area is 287 Å². The molecule has 1 aliphatic heterocycles. The zero-order valence-electron chi connectivity index (χ0n) is 27.0. The van der Waals surface area contributed by atoms with E-state index in [1.807, 2.05) is 12.3 Å².